The summed E-state index contributed by atoms with van der Waals surface area (Å²) in [5.74, 6) is 0.166. The van der Waals surface area contributed by atoms with Crippen molar-refractivity contribution >= 4 is 23.5 Å². The van der Waals surface area contributed by atoms with Gasteiger partial charge in [0.2, 0.25) is 5.91 Å². The molecule has 1 heterocycles. The second-order valence-corrected chi connectivity index (χ2v) is 4.34. The van der Waals surface area contributed by atoms with Crippen molar-refractivity contribution in [2.75, 3.05) is 5.32 Å². The first-order valence-electron chi connectivity index (χ1n) is 6.22. The lowest BCUT2D eigenvalue weighted by molar-refractivity contribution is -0.384. The van der Waals surface area contributed by atoms with Crippen LogP contribution in [0.5, 0.6) is 0 Å². The summed E-state index contributed by atoms with van der Waals surface area (Å²) in [7, 11) is 0. The number of nitrogens with zero attached hydrogens (tertiary/aromatic N) is 2. The van der Waals surface area contributed by atoms with Gasteiger partial charge in [-0.1, -0.05) is 6.07 Å². The Labute approximate surface area is 121 Å². The lowest BCUT2D eigenvalue weighted by atomic mass is 10.2. The van der Waals surface area contributed by atoms with Crippen LogP contribution in [-0.4, -0.2) is 15.8 Å². The van der Waals surface area contributed by atoms with Gasteiger partial charge in [-0.15, -0.1) is 0 Å². The van der Waals surface area contributed by atoms with Crippen LogP contribution in [0.25, 0.3) is 6.08 Å². The Kier molecular flexibility index (Phi) is 4.40. The van der Waals surface area contributed by atoms with Gasteiger partial charge in [-0.3, -0.25) is 14.9 Å². The molecule has 0 bridgehead atoms. The Bertz CT molecular complexity index is 694. The third kappa shape index (κ3) is 4.24. The van der Waals surface area contributed by atoms with E-state index >= 15 is 0 Å². The number of nitrogens with one attached hydrogen (secondary N) is 1. The van der Waals surface area contributed by atoms with Crippen LogP contribution in [0.1, 0.15) is 11.3 Å². The molecule has 0 radical (unpaired) electrons. The van der Waals surface area contributed by atoms with Gasteiger partial charge in [0.25, 0.3) is 5.69 Å². The highest BCUT2D eigenvalue weighted by Gasteiger charge is 2.03. The molecule has 6 heteroatoms. The van der Waals surface area contributed by atoms with E-state index in [4.69, 9.17) is 0 Å². The number of amides is 1. The molecule has 0 saturated carbocycles. The molecule has 2 aromatic rings. The smallest absolute Gasteiger partial charge is 0.269 e. The van der Waals surface area contributed by atoms with Crippen molar-refractivity contribution in [1.82, 2.24) is 4.98 Å². The highest BCUT2D eigenvalue weighted by Crippen LogP contribution is 2.13. The summed E-state index contributed by atoms with van der Waals surface area (Å²) in [5, 5.41) is 13.2. The molecule has 6 nitrogen and oxygen atoms in total. The summed E-state index contributed by atoms with van der Waals surface area (Å²) in [5.41, 5.74) is 1.53. The fraction of sp³-hybridized carbons (Fsp3) is 0.0667. The van der Waals surface area contributed by atoms with Crippen LogP contribution in [0.2, 0.25) is 0 Å². The van der Waals surface area contributed by atoms with Crippen LogP contribution >= 0.6 is 0 Å². The van der Waals surface area contributed by atoms with E-state index in [-0.39, 0.29) is 11.6 Å². The molecule has 0 atom stereocenters. The zero-order valence-electron chi connectivity index (χ0n) is 11.3. The summed E-state index contributed by atoms with van der Waals surface area (Å²) in [4.78, 5) is 25.9. The van der Waals surface area contributed by atoms with E-state index in [0.29, 0.717) is 11.4 Å². The van der Waals surface area contributed by atoms with Gasteiger partial charge in [-0.25, -0.2) is 4.98 Å². The van der Waals surface area contributed by atoms with Crippen molar-refractivity contribution in [2.45, 2.75) is 6.92 Å². The van der Waals surface area contributed by atoms with Crippen molar-refractivity contribution in [3.8, 4) is 0 Å². The molecular weight excluding hydrogens is 270 g/mol. The quantitative estimate of drug-likeness (QED) is 0.531. The molecule has 1 aromatic carbocycles. The second-order valence-electron chi connectivity index (χ2n) is 4.34. The molecule has 0 fully saturated rings. The zero-order valence-corrected chi connectivity index (χ0v) is 11.3. The number of nitro benzene ring substituents is 1. The van der Waals surface area contributed by atoms with Gasteiger partial charge in [0, 0.05) is 23.9 Å². The number of aromatic nitrogens is 1. The molecule has 1 aromatic heterocycles. The van der Waals surface area contributed by atoms with Gasteiger partial charge in [-0.2, -0.15) is 0 Å². The van der Waals surface area contributed by atoms with Crippen LogP contribution in [0.3, 0.4) is 0 Å². The van der Waals surface area contributed by atoms with Gasteiger partial charge in [0.15, 0.2) is 0 Å². The number of nitro groups is 1. The molecule has 2 rings (SSSR count). The lowest BCUT2D eigenvalue weighted by Crippen LogP contribution is -2.09. The van der Waals surface area contributed by atoms with Crippen LogP contribution in [0, 0.1) is 17.0 Å². The summed E-state index contributed by atoms with van der Waals surface area (Å²) in [6, 6.07) is 11.3. The van der Waals surface area contributed by atoms with Crippen LogP contribution in [0.4, 0.5) is 11.5 Å². The summed E-state index contributed by atoms with van der Waals surface area (Å²) in [6.07, 6.45) is 2.93. The third-order valence-electron chi connectivity index (χ3n) is 2.67. The SMILES string of the molecule is Cc1cccc(NC(=O)/C=C/c2ccc([N+](=O)[O-])cc2)n1. The topological polar surface area (TPSA) is 85.1 Å². The molecule has 0 saturated heterocycles. The monoisotopic (exact) mass is 283 g/mol. The number of hydrogen-bond donors (Lipinski definition) is 1. The van der Waals surface area contributed by atoms with E-state index in [9.17, 15) is 14.9 Å². The fourth-order valence-electron chi connectivity index (χ4n) is 1.66. The Hall–Kier alpha value is -3.02. The average molecular weight is 283 g/mol. The number of non-ortho nitro benzene ring substituents is 1. The highest BCUT2D eigenvalue weighted by molar-refractivity contribution is 6.01. The first kappa shape index (κ1) is 14.4. The van der Waals surface area contributed by atoms with Gasteiger partial charge in [0.05, 0.1) is 4.92 Å². The molecule has 106 valence electrons. The molecule has 0 aliphatic carbocycles. The minimum absolute atomic E-state index is 0.0144. The number of carbonyl (C=O) groups excluding carboxylic acids is 1. The van der Waals surface area contributed by atoms with Gasteiger partial charge >= 0.3 is 0 Å². The first-order valence-corrected chi connectivity index (χ1v) is 6.22. The molecule has 0 aliphatic rings. The number of carbonyl (C=O) groups is 1. The van der Waals surface area contributed by atoms with E-state index in [1.807, 2.05) is 13.0 Å². The summed E-state index contributed by atoms with van der Waals surface area (Å²) < 4.78 is 0. The second kappa shape index (κ2) is 6.42. The predicted molar refractivity (Wildman–Crippen MR) is 79.7 cm³/mol. The fourth-order valence-corrected chi connectivity index (χ4v) is 1.66. The minimum Gasteiger partial charge on any atom is -0.307 e. The highest BCUT2D eigenvalue weighted by atomic mass is 16.6. The maximum atomic E-state index is 11.7. The van der Waals surface area contributed by atoms with Crippen molar-refractivity contribution in [3.63, 3.8) is 0 Å². The normalized spacial score (nSPS) is 10.5. The van der Waals surface area contributed by atoms with Crippen molar-refractivity contribution in [1.29, 1.82) is 0 Å². The lowest BCUT2D eigenvalue weighted by Gasteiger charge is -2.01. The van der Waals surface area contributed by atoms with Crippen molar-refractivity contribution in [3.05, 3.63) is 69.9 Å². The van der Waals surface area contributed by atoms with Gasteiger partial charge in [-0.05, 0) is 42.8 Å². The minimum atomic E-state index is -0.469. The van der Waals surface area contributed by atoms with E-state index in [1.54, 1.807) is 30.3 Å². The Morgan fingerprint density at radius 1 is 1.24 bits per heavy atom. The number of hydrogen-bond acceptors (Lipinski definition) is 4. The molecule has 0 spiro atoms. The summed E-state index contributed by atoms with van der Waals surface area (Å²) in [6.45, 7) is 1.84. The van der Waals surface area contributed by atoms with E-state index in [2.05, 4.69) is 10.3 Å². The molecular formula is C15H13N3O3. The van der Waals surface area contributed by atoms with E-state index in [1.165, 1.54) is 18.2 Å². The number of aryl methyl sites for hydroxylation is 1. The maximum absolute atomic E-state index is 11.7. The first-order chi connectivity index (χ1) is 10.0. The van der Waals surface area contributed by atoms with Crippen LogP contribution in [-0.2, 0) is 4.79 Å². The number of anilines is 1. The third-order valence-corrected chi connectivity index (χ3v) is 2.67. The van der Waals surface area contributed by atoms with E-state index < -0.39 is 4.92 Å². The largest absolute Gasteiger partial charge is 0.307 e. The maximum Gasteiger partial charge on any atom is 0.269 e. The van der Waals surface area contributed by atoms with Gasteiger partial charge in [0.1, 0.15) is 5.82 Å². The van der Waals surface area contributed by atoms with E-state index in [0.717, 1.165) is 5.69 Å². The van der Waals surface area contributed by atoms with Gasteiger partial charge < -0.3 is 5.32 Å². The van der Waals surface area contributed by atoms with Crippen LogP contribution in [0.15, 0.2) is 48.5 Å². The predicted octanol–water partition coefficient (Wildman–Crippen LogP) is 2.95. The number of benzene rings is 1. The van der Waals surface area contributed by atoms with Crippen molar-refractivity contribution < 1.29 is 9.72 Å². The average Bonchev–Trinajstić information content (AvgIpc) is 2.45. The number of rotatable bonds is 4. The van der Waals surface area contributed by atoms with Crippen molar-refractivity contribution in [2.24, 2.45) is 0 Å². The van der Waals surface area contributed by atoms with Crippen LogP contribution < -0.4 is 5.32 Å². The Morgan fingerprint density at radius 2 is 1.95 bits per heavy atom. The summed E-state index contributed by atoms with van der Waals surface area (Å²) >= 11 is 0. The molecule has 1 amide bonds. The molecule has 1 N–H and O–H groups in total. The molecule has 0 unspecified atom stereocenters. The Balaban J connectivity index is 2.00. The number of pyridine rings is 1. The standard InChI is InChI=1S/C15H13N3O3/c1-11-3-2-4-14(16-11)17-15(19)10-7-12-5-8-13(9-6-12)18(20)21/h2-10H,1H3,(H,16,17,19)/b10-7+. The molecule has 0 aliphatic heterocycles. The molecule has 21 heavy (non-hydrogen) atoms. The Morgan fingerprint density at radius 3 is 2.57 bits per heavy atom. The zero-order chi connectivity index (χ0) is 15.2.